The molecule has 2 aromatic heterocycles. The van der Waals surface area contributed by atoms with Crippen LogP contribution in [-0.2, 0) is 20.8 Å². The van der Waals surface area contributed by atoms with Gasteiger partial charge in [-0.3, -0.25) is 9.36 Å². The Kier molecular flexibility index (Phi) is 11.2. The van der Waals surface area contributed by atoms with Crippen molar-refractivity contribution in [3.05, 3.63) is 40.8 Å². The van der Waals surface area contributed by atoms with Crippen molar-refractivity contribution in [1.29, 1.82) is 0 Å². The monoisotopic (exact) mass is 604 g/mol. The lowest BCUT2D eigenvalue weighted by Gasteiger charge is -2.14. The second-order valence-electron chi connectivity index (χ2n) is 8.16. The number of allylic oxidation sites excluding steroid dienone is 1. The van der Waals surface area contributed by atoms with E-state index in [9.17, 15) is 14.4 Å². The van der Waals surface area contributed by atoms with Crippen LogP contribution in [0.15, 0.2) is 29.9 Å². The van der Waals surface area contributed by atoms with Gasteiger partial charge in [-0.05, 0) is 38.5 Å². The number of nitrogens with one attached hydrogen (secondary N) is 1. The summed E-state index contributed by atoms with van der Waals surface area (Å²) >= 11 is 2.11. The third-order valence-electron chi connectivity index (χ3n) is 5.62. The van der Waals surface area contributed by atoms with Crippen LogP contribution >= 0.6 is 23.1 Å². The van der Waals surface area contributed by atoms with E-state index in [4.69, 9.17) is 23.7 Å². The summed E-state index contributed by atoms with van der Waals surface area (Å²) < 4.78 is 28.4. The molecule has 0 aliphatic heterocycles. The number of carbonyl (C=O) groups is 3. The Labute approximate surface area is 246 Å². The van der Waals surface area contributed by atoms with E-state index >= 15 is 0 Å². The van der Waals surface area contributed by atoms with Crippen molar-refractivity contribution in [1.82, 2.24) is 14.8 Å². The summed E-state index contributed by atoms with van der Waals surface area (Å²) in [4.78, 5) is 38.3. The summed E-state index contributed by atoms with van der Waals surface area (Å²) in [5.41, 5.74) is 1.16. The molecule has 3 aromatic rings. The van der Waals surface area contributed by atoms with E-state index in [1.54, 1.807) is 43.5 Å². The molecule has 220 valence electrons. The molecule has 0 aliphatic carbocycles. The highest BCUT2D eigenvalue weighted by Gasteiger charge is 2.27. The zero-order valence-electron chi connectivity index (χ0n) is 23.7. The van der Waals surface area contributed by atoms with E-state index in [0.29, 0.717) is 45.9 Å². The average Bonchev–Trinajstić information content (AvgIpc) is 3.51. The molecular formula is C27H32N4O8S2. The van der Waals surface area contributed by atoms with Gasteiger partial charge < -0.3 is 29.0 Å². The fraction of sp³-hybridized carbons (Fsp3) is 0.370. The van der Waals surface area contributed by atoms with E-state index in [1.807, 2.05) is 0 Å². The lowest BCUT2D eigenvalue weighted by molar-refractivity contribution is -0.113. The van der Waals surface area contributed by atoms with Crippen LogP contribution in [-0.4, -0.2) is 72.9 Å². The molecule has 1 aromatic carbocycles. The summed E-state index contributed by atoms with van der Waals surface area (Å²) in [5, 5.41) is 12.0. The van der Waals surface area contributed by atoms with Crippen LogP contribution in [0.25, 0.3) is 11.4 Å². The standard InChI is InChI=1S/C27H32N4O8S2/c1-8-11-31-23(16-12-17(35-5)21(37-7)18(13-16)36-6)29-30-27(31)40-14-19(32)28-24-20(25(33)38-9-2)15(4)22(41-24)26(34)39-10-3/h8,12-13H,1,9-11,14H2,2-7H3,(H,28,32). The number of methoxy groups -OCH3 is 3. The van der Waals surface area contributed by atoms with Crippen LogP contribution in [0.3, 0.4) is 0 Å². The number of esters is 2. The zero-order chi connectivity index (χ0) is 30.1. The molecule has 0 saturated carbocycles. The lowest BCUT2D eigenvalue weighted by Crippen LogP contribution is -2.17. The van der Waals surface area contributed by atoms with Gasteiger partial charge >= 0.3 is 11.9 Å². The molecule has 3 rings (SSSR count). The first-order valence-electron chi connectivity index (χ1n) is 12.5. The highest BCUT2D eigenvalue weighted by atomic mass is 32.2. The van der Waals surface area contributed by atoms with E-state index in [2.05, 4.69) is 22.1 Å². The van der Waals surface area contributed by atoms with E-state index in [1.165, 1.54) is 21.3 Å². The van der Waals surface area contributed by atoms with Crippen LogP contribution in [0.4, 0.5) is 5.00 Å². The fourth-order valence-electron chi connectivity index (χ4n) is 3.85. The van der Waals surface area contributed by atoms with E-state index < -0.39 is 17.8 Å². The smallest absolute Gasteiger partial charge is 0.348 e. The molecule has 1 amide bonds. The number of nitrogens with zero attached hydrogens (tertiary/aromatic N) is 3. The SMILES string of the molecule is C=CCn1c(SCC(=O)Nc2sc(C(=O)OCC)c(C)c2C(=O)OCC)nnc1-c1cc(OC)c(OC)c(OC)c1. The van der Waals surface area contributed by atoms with Crippen LogP contribution in [0, 0.1) is 6.92 Å². The van der Waals surface area contributed by atoms with Crippen molar-refractivity contribution in [3.8, 4) is 28.6 Å². The predicted molar refractivity (Wildman–Crippen MR) is 156 cm³/mol. The molecule has 0 bridgehead atoms. The third kappa shape index (κ3) is 7.00. The van der Waals surface area contributed by atoms with Crippen molar-refractivity contribution in [3.63, 3.8) is 0 Å². The molecule has 0 fully saturated rings. The predicted octanol–water partition coefficient (Wildman–Crippen LogP) is 4.61. The highest BCUT2D eigenvalue weighted by Crippen LogP contribution is 2.41. The molecule has 2 heterocycles. The summed E-state index contributed by atoms with van der Waals surface area (Å²) in [6.07, 6.45) is 1.69. The molecule has 0 unspecified atom stereocenters. The van der Waals surface area contributed by atoms with Gasteiger partial charge in [0.25, 0.3) is 0 Å². The zero-order valence-corrected chi connectivity index (χ0v) is 25.3. The first-order valence-corrected chi connectivity index (χ1v) is 14.3. The molecule has 41 heavy (non-hydrogen) atoms. The Morgan fingerprint density at radius 3 is 2.22 bits per heavy atom. The molecule has 12 nitrogen and oxygen atoms in total. The normalized spacial score (nSPS) is 10.6. The summed E-state index contributed by atoms with van der Waals surface area (Å²) in [6, 6.07) is 3.51. The summed E-state index contributed by atoms with van der Waals surface area (Å²) in [6.45, 7) is 9.47. The quantitative estimate of drug-likeness (QED) is 0.157. The van der Waals surface area contributed by atoms with Gasteiger partial charge in [0.15, 0.2) is 22.5 Å². The number of carbonyl (C=O) groups excluding carboxylic acids is 3. The van der Waals surface area contributed by atoms with Gasteiger partial charge in [-0.15, -0.1) is 28.1 Å². The van der Waals surface area contributed by atoms with Crippen molar-refractivity contribution in [2.45, 2.75) is 32.5 Å². The van der Waals surface area contributed by atoms with Gasteiger partial charge in [-0.25, -0.2) is 9.59 Å². The van der Waals surface area contributed by atoms with Crippen LogP contribution in [0.2, 0.25) is 0 Å². The molecule has 0 spiro atoms. The van der Waals surface area contributed by atoms with Crippen molar-refractivity contribution >= 4 is 45.9 Å². The topological polar surface area (TPSA) is 140 Å². The number of ether oxygens (including phenoxy) is 5. The number of thiophene rings is 1. The maximum Gasteiger partial charge on any atom is 0.348 e. The van der Waals surface area contributed by atoms with Crippen LogP contribution in [0.1, 0.15) is 39.4 Å². The van der Waals surface area contributed by atoms with E-state index in [-0.39, 0.29) is 34.4 Å². The molecule has 0 aliphatic rings. The Balaban J connectivity index is 1.87. The second kappa shape index (κ2) is 14.6. The first kappa shape index (κ1) is 31.5. The number of benzene rings is 1. The Morgan fingerprint density at radius 2 is 1.66 bits per heavy atom. The van der Waals surface area contributed by atoms with Gasteiger partial charge in [0.1, 0.15) is 9.88 Å². The van der Waals surface area contributed by atoms with Crippen molar-refractivity contribution in [2.24, 2.45) is 0 Å². The Bertz CT molecular complexity index is 1410. The van der Waals surface area contributed by atoms with Gasteiger partial charge in [-0.2, -0.15) is 0 Å². The van der Waals surface area contributed by atoms with Gasteiger partial charge in [0.05, 0.1) is 45.9 Å². The van der Waals surface area contributed by atoms with Crippen LogP contribution < -0.4 is 19.5 Å². The maximum absolute atomic E-state index is 13.0. The Morgan fingerprint density at radius 1 is 1.02 bits per heavy atom. The number of aromatic nitrogens is 3. The van der Waals surface area contributed by atoms with Crippen LogP contribution in [0.5, 0.6) is 17.2 Å². The number of amides is 1. The fourth-order valence-corrected chi connectivity index (χ4v) is 5.70. The maximum atomic E-state index is 13.0. The molecule has 0 radical (unpaired) electrons. The Hall–Kier alpha value is -4.04. The van der Waals surface area contributed by atoms with Gasteiger partial charge in [0, 0.05) is 12.1 Å². The van der Waals surface area contributed by atoms with Gasteiger partial charge in [-0.1, -0.05) is 17.8 Å². The molecule has 1 N–H and O–H groups in total. The van der Waals surface area contributed by atoms with Crippen molar-refractivity contribution < 1.29 is 38.1 Å². The number of hydrogen-bond donors (Lipinski definition) is 1. The minimum atomic E-state index is -0.638. The minimum absolute atomic E-state index is 0.0571. The lowest BCUT2D eigenvalue weighted by atomic mass is 10.1. The molecule has 0 atom stereocenters. The number of anilines is 1. The summed E-state index contributed by atoms with van der Waals surface area (Å²) in [5.74, 6) is 0.163. The summed E-state index contributed by atoms with van der Waals surface area (Å²) in [7, 11) is 4.56. The average molecular weight is 605 g/mol. The molecule has 14 heteroatoms. The number of thioether (sulfide) groups is 1. The highest BCUT2D eigenvalue weighted by molar-refractivity contribution is 7.99. The van der Waals surface area contributed by atoms with Crippen molar-refractivity contribution in [2.75, 3.05) is 45.6 Å². The third-order valence-corrected chi connectivity index (χ3v) is 7.78. The van der Waals surface area contributed by atoms with Gasteiger partial charge in [0.2, 0.25) is 11.7 Å². The van der Waals surface area contributed by atoms with E-state index in [0.717, 1.165) is 23.1 Å². The largest absolute Gasteiger partial charge is 0.493 e. The molecular weight excluding hydrogens is 572 g/mol. The number of rotatable bonds is 14. The second-order valence-corrected chi connectivity index (χ2v) is 10.1. The number of hydrogen-bond acceptors (Lipinski definition) is 12. The molecule has 0 saturated heterocycles. The minimum Gasteiger partial charge on any atom is -0.493 e. The first-order chi connectivity index (χ1) is 19.7.